The van der Waals surface area contributed by atoms with Gasteiger partial charge in [-0.2, -0.15) is 5.10 Å². The summed E-state index contributed by atoms with van der Waals surface area (Å²) in [5.41, 5.74) is 0. The molecule has 114 valence electrons. The maximum absolute atomic E-state index is 12.2. The van der Waals surface area contributed by atoms with Crippen LogP contribution in [0.15, 0.2) is 23.7 Å². The number of carboxylic acid groups (broad SMARTS) is 1. The van der Waals surface area contributed by atoms with Gasteiger partial charge in [-0.3, -0.25) is 9.25 Å². The molecule has 0 radical (unpaired) electrons. The molecule has 0 aliphatic carbocycles. The lowest BCUT2D eigenvalue weighted by atomic mass is 10.6. The summed E-state index contributed by atoms with van der Waals surface area (Å²) in [5, 5.41) is 14.6. The van der Waals surface area contributed by atoms with Crippen LogP contribution in [-0.2, 0) is 16.9 Å². The van der Waals surface area contributed by atoms with Gasteiger partial charge in [-0.15, -0.1) is 0 Å². The molecule has 11 heteroatoms. The highest BCUT2D eigenvalue weighted by atomic mass is 35.5. The molecule has 21 heavy (non-hydrogen) atoms. The number of amides is 1. The van der Waals surface area contributed by atoms with E-state index in [0.29, 0.717) is 0 Å². The standard InChI is InChI=1S/C10H12ClN5O4S/c1-15-6-7(11)8(14-15)16-4-2-12-9(16)21(19,20)5-3-13-10(17)18/h2,4,6,13H,3,5H2,1H3,(H,17,18). The lowest BCUT2D eigenvalue weighted by Gasteiger charge is -2.06. The largest absolute Gasteiger partial charge is 0.465 e. The van der Waals surface area contributed by atoms with Gasteiger partial charge in [0.15, 0.2) is 5.82 Å². The van der Waals surface area contributed by atoms with Gasteiger partial charge in [0.1, 0.15) is 5.02 Å². The Balaban J connectivity index is 2.32. The third kappa shape index (κ3) is 3.34. The maximum Gasteiger partial charge on any atom is 0.404 e. The lowest BCUT2D eigenvalue weighted by molar-refractivity contribution is 0.195. The first kappa shape index (κ1) is 15.3. The number of rotatable bonds is 5. The number of nitrogens with one attached hydrogen (secondary N) is 1. The minimum absolute atomic E-state index is 0.236. The molecule has 0 aromatic carbocycles. The van der Waals surface area contributed by atoms with Crippen molar-refractivity contribution in [3.63, 3.8) is 0 Å². The highest BCUT2D eigenvalue weighted by molar-refractivity contribution is 7.91. The van der Waals surface area contributed by atoms with Crippen molar-refractivity contribution >= 4 is 27.5 Å². The van der Waals surface area contributed by atoms with E-state index < -0.39 is 21.7 Å². The Morgan fingerprint density at radius 3 is 2.81 bits per heavy atom. The number of imidazole rings is 1. The quantitative estimate of drug-likeness (QED) is 0.812. The molecule has 0 spiro atoms. The summed E-state index contributed by atoms with van der Waals surface area (Å²) >= 11 is 5.99. The molecule has 2 aromatic rings. The minimum Gasteiger partial charge on any atom is -0.465 e. The number of carbonyl (C=O) groups is 1. The van der Waals surface area contributed by atoms with Crippen molar-refractivity contribution in [2.45, 2.75) is 5.16 Å². The van der Waals surface area contributed by atoms with Crippen LogP contribution < -0.4 is 5.32 Å². The van der Waals surface area contributed by atoms with E-state index in [1.165, 1.54) is 27.8 Å². The van der Waals surface area contributed by atoms with Crippen LogP contribution >= 0.6 is 11.6 Å². The average Bonchev–Trinajstić information content (AvgIpc) is 2.94. The van der Waals surface area contributed by atoms with E-state index in [2.05, 4.69) is 10.1 Å². The summed E-state index contributed by atoms with van der Waals surface area (Å²) in [5.74, 6) is -0.178. The summed E-state index contributed by atoms with van der Waals surface area (Å²) in [6.45, 7) is -0.236. The number of nitrogens with zero attached hydrogens (tertiary/aromatic N) is 4. The molecule has 0 bridgehead atoms. The molecule has 2 heterocycles. The van der Waals surface area contributed by atoms with Crippen molar-refractivity contribution in [1.82, 2.24) is 24.6 Å². The SMILES string of the molecule is Cn1cc(Cl)c(-n2ccnc2S(=O)(=O)CCNC(=O)O)n1. The van der Waals surface area contributed by atoms with Gasteiger partial charge in [0.25, 0.3) is 0 Å². The number of hydrogen-bond acceptors (Lipinski definition) is 5. The number of hydrogen-bond donors (Lipinski definition) is 2. The van der Waals surface area contributed by atoms with Crippen molar-refractivity contribution in [2.75, 3.05) is 12.3 Å². The molecule has 0 aliphatic heterocycles. The Morgan fingerprint density at radius 2 is 2.24 bits per heavy atom. The van der Waals surface area contributed by atoms with Gasteiger partial charge in [0.2, 0.25) is 15.0 Å². The van der Waals surface area contributed by atoms with Gasteiger partial charge in [0, 0.05) is 32.2 Å². The van der Waals surface area contributed by atoms with Crippen molar-refractivity contribution < 1.29 is 18.3 Å². The summed E-state index contributed by atoms with van der Waals surface area (Å²) in [6, 6.07) is 0. The van der Waals surface area contributed by atoms with E-state index in [1.54, 1.807) is 7.05 Å². The second-order valence-corrected chi connectivity index (χ2v) is 6.52. The number of aryl methyl sites for hydroxylation is 1. The minimum atomic E-state index is -3.78. The molecule has 0 saturated carbocycles. The summed E-state index contributed by atoms with van der Waals surface area (Å²) in [7, 11) is -2.13. The van der Waals surface area contributed by atoms with Crippen molar-refractivity contribution in [3.8, 4) is 5.82 Å². The van der Waals surface area contributed by atoms with E-state index in [-0.39, 0.29) is 22.5 Å². The molecule has 9 nitrogen and oxygen atoms in total. The molecular weight excluding hydrogens is 322 g/mol. The molecule has 0 saturated heterocycles. The third-order valence-corrected chi connectivity index (χ3v) is 4.39. The van der Waals surface area contributed by atoms with Crippen LogP contribution in [0.1, 0.15) is 0 Å². The zero-order chi connectivity index (χ0) is 15.6. The van der Waals surface area contributed by atoms with E-state index >= 15 is 0 Å². The van der Waals surface area contributed by atoms with Gasteiger partial charge in [-0.1, -0.05) is 11.6 Å². The van der Waals surface area contributed by atoms with Crippen molar-refractivity contribution in [3.05, 3.63) is 23.6 Å². The summed E-state index contributed by atoms with van der Waals surface area (Å²) < 4.78 is 27.1. The highest BCUT2D eigenvalue weighted by Gasteiger charge is 2.23. The van der Waals surface area contributed by atoms with Crippen LogP contribution in [0.25, 0.3) is 5.82 Å². The van der Waals surface area contributed by atoms with E-state index in [4.69, 9.17) is 16.7 Å². The van der Waals surface area contributed by atoms with E-state index in [0.717, 1.165) is 0 Å². The molecular formula is C10H12ClN5O4S. The molecule has 2 rings (SSSR count). The molecule has 0 unspecified atom stereocenters. The van der Waals surface area contributed by atoms with Crippen molar-refractivity contribution in [2.24, 2.45) is 7.05 Å². The monoisotopic (exact) mass is 333 g/mol. The molecule has 0 aliphatic rings. The first-order valence-electron chi connectivity index (χ1n) is 5.73. The zero-order valence-electron chi connectivity index (χ0n) is 10.9. The predicted molar refractivity (Wildman–Crippen MR) is 73.4 cm³/mol. The second-order valence-electron chi connectivity index (χ2n) is 4.10. The molecule has 1 amide bonds. The Hall–Kier alpha value is -2.07. The van der Waals surface area contributed by atoms with E-state index in [1.807, 2.05) is 5.32 Å². The fraction of sp³-hybridized carbons (Fsp3) is 0.300. The normalized spacial score (nSPS) is 11.5. The van der Waals surface area contributed by atoms with Crippen LogP contribution in [0.2, 0.25) is 5.02 Å². The Kier molecular flexibility index (Phi) is 4.19. The fourth-order valence-corrected chi connectivity index (χ4v) is 3.17. The lowest BCUT2D eigenvalue weighted by Crippen LogP contribution is -2.28. The average molecular weight is 334 g/mol. The Bertz CT molecular complexity index is 766. The number of aromatic nitrogens is 4. The number of sulfone groups is 1. The van der Waals surface area contributed by atoms with Crippen molar-refractivity contribution in [1.29, 1.82) is 0 Å². The van der Waals surface area contributed by atoms with Gasteiger partial charge in [-0.25, -0.2) is 18.2 Å². The van der Waals surface area contributed by atoms with Gasteiger partial charge >= 0.3 is 6.09 Å². The fourth-order valence-electron chi connectivity index (χ4n) is 1.68. The third-order valence-electron chi connectivity index (χ3n) is 2.53. The Morgan fingerprint density at radius 1 is 1.52 bits per heavy atom. The van der Waals surface area contributed by atoms with Gasteiger partial charge in [0.05, 0.1) is 5.75 Å². The summed E-state index contributed by atoms with van der Waals surface area (Å²) in [6.07, 6.45) is 2.97. The van der Waals surface area contributed by atoms with Crippen LogP contribution in [0, 0.1) is 0 Å². The second kappa shape index (κ2) is 5.74. The molecule has 0 fully saturated rings. The van der Waals surface area contributed by atoms with Crippen LogP contribution in [0.4, 0.5) is 4.79 Å². The first-order chi connectivity index (χ1) is 9.81. The smallest absolute Gasteiger partial charge is 0.404 e. The number of halogens is 1. The van der Waals surface area contributed by atoms with Gasteiger partial charge < -0.3 is 10.4 Å². The highest BCUT2D eigenvalue weighted by Crippen LogP contribution is 2.21. The molecule has 2 aromatic heterocycles. The zero-order valence-corrected chi connectivity index (χ0v) is 12.5. The summed E-state index contributed by atoms with van der Waals surface area (Å²) in [4.78, 5) is 14.2. The van der Waals surface area contributed by atoms with Crippen LogP contribution in [0.5, 0.6) is 0 Å². The van der Waals surface area contributed by atoms with E-state index in [9.17, 15) is 13.2 Å². The van der Waals surface area contributed by atoms with Gasteiger partial charge in [-0.05, 0) is 0 Å². The molecule has 2 N–H and O–H groups in total. The first-order valence-corrected chi connectivity index (χ1v) is 7.76. The molecule has 0 atom stereocenters. The van der Waals surface area contributed by atoms with Crippen LogP contribution in [-0.4, -0.2) is 51.2 Å². The maximum atomic E-state index is 12.2. The topological polar surface area (TPSA) is 119 Å². The Labute approximate surface area is 125 Å². The van der Waals surface area contributed by atoms with Crippen LogP contribution in [0.3, 0.4) is 0 Å². The predicted octanol–water partition coefficient (Wildman–Crippen LogP) is 0.300.